The number of rotatable bonds is 8. The second kappa shape index (κ2) is 9.70. The molecule has 0 saturated heterocycles. The van der Waals surface area contributed by atoms with Gasteiger partial charge in [-0.15, -0.1) is 0 Å². The predicted molar refractivity (Wildman–Crippen MR) is 105 cm³/mol. The van der Waals surface area contributed by atoms with Gasteiger partial charge < -0.3 is 15.2 Å². The molecule has 0 aliphatic rings. The number of nitrogens with one attached hydrogen (secondary N) is 1. The van der Waals surface area contributed by atoms with Crippen LogP contribution in [0, 0.1) is 0 Å². The van der Waals surface area contributed by atoms with Crippen molar-refractivity contribution in [3.63, 3.8) is 0 Å². The number of carbonyl (C=O) groups excluding carboxylic acids is 1. The van der Waals surface area contributed by atoms with E-state index in [0.29, 0.717) is 5.56 Å². The third-order valence-corrected chi connectivity index (χ3v) is 5.01. The molecule has 2 aromatic carbocycles. The normalized spacial score (nSPS) is 12.8. The van der Waals surface area contributed by atoms with Crippen LogP contribution in [0.1, 0.15) is 11.1 Å². The van der Waals surface area contributed by atoms with Gasteiger partial charge in [-0.1, -0.05) is 60.7 Å². The van der Waals surface area contributed by atoms with Crippen LogP contribution in [-0.4, -0.2) is 44.5 Å². The number of benzene rings is 2. The summed E-state index contributed by atoms with van der Waals surface area (Å²) in [7, 11) is -3.61. The SMILES string of the molecule is CS(=O)(=O)/C(=C/c1ccccc1)COC(=O)N[C@@H](Cc1ccccc1)C(=O)O. The van der Waals surface area contributed by atoms with Gasteiger partial charge in [-0.2, -0.15) is 0 Å². The Kier molecular flexibility index (Phi) is 7.34. The van der Waals surface area contributed by atoms with Crippen molar-refractivity contribution in [1.82, 2.24) is 5.32 Å². The molecule has 28 heavy (non-hydrogen) atoms. The Labute approximate surface area is 163 Å². The summed E-state index contributed by atoms with van der Waals surface area (Å²) in [4.78, 5) is 23.3. The molecule has 0 bridgehead atoms. The van der Waals surface area contributed by atoms with Crippen LogP contribution in [0.25, 0.3) is 6.08 Å². The third-order valence-electron chi connectivity index (χ3n) is 3.82. The Morgan fingerprint density at radius 3 is 2.18 bits per heavy atom. The molecule has 2 aromatic rings. The molecular weight excluding hydrogens is 382 g/mol. The molecule has 148 valence electrons. The van der Waals surface area contributed by atoms with E-state index in [0.717, 1.165) is 11.8 Å². The first-order valence-corrected chi connectivity index (χ1v) is 10.3. The Bertz CT molecular complexity index is 939. The van der Waals surface area contributed by atoms with Crippen molar-refractivity contribution < 1.29 is 27.9 Å². The Hall–Kier alpha value is -3.13. The van der Waals surface area contributed by atoms with E-state index in [9.17, 15) is 23.1 Å². The van der Waals surface area contributed by atoms with E-state index >= 15 is 0 Å². The first kappa shape index (κ1) is 21.2. The van der Waals surface area contributed by atoms with Crippen LogP contribution >= 0.6 is 0 Å². The minimum absolute atomic E-state index is 0.0735. The number of amides is 1. The lowest BCUT2D eigenvalue weighted by molar-refractivity contribution is -0.139. The molecule has 0 spiro atoms. The summed E-state index contributed by atoms with van der Waals surface area (Å²) < 4.78 is 28.9. The molecule has 0 aromatic heterocycles. The molecule has 2 N–H and O–H groups in total. The van der Waals surface area contributed by atoms with Crippen molar-refractivity contribution >= 4 is 28.0 Å². The van der Waals surface area contributed by atoms with Crippen molar-refractivity contribution in [2.24, 2.45) is 0 Å². The second-order valence-electron chi connectivity index (χ2n) is 6.09. The summed E-state index contributed by atoms with van der Waals surface area (Å²) in [6, 6.07) is 16.3. The van der Waals surface area contributed by atoms with Gasteiger partial charge in [-0.05, 0) is 17.2 Å². The average molecular weight is 403 g/mol. The van der Waals surface area contributed by atoms with Crippen LogP contribution in [0.4, 0.5) is 4.79 Å². The van der Waals surface area contributed by atoms with E-state index in [1.807, 2.05) is 0 Å². The Morgan fingerprint density at radius 2 is 1.64 bits per heavy atom. The number of hydrogen-bond acceptors (Lipinski definition) is 5. The van der Waals surface area contributed by atoms with E-state index in [4.69, 9.17) is 4.74 Å². The molecule has 0 heterocycles. The summed E-state index contributed by atoms with van der Waals surface area (Å²) in [5, 5.41) is 11.6. The third kappa shape index (κ3) is 6.88. The topological polar surface area (TPSA) is 110 Å². The molecule has 8 heteroatoms. The van der Waals surface area contributed by atoms with Crippen LogP contribution in [0.3, 0.4) is 0 Å². The molecule has 0 aliphatic carbocycles. The van der Waals surface area contributed by atoms with Crippen molar-refractivity contribution in [2.75, 3.05) is 12.9 Å². The lowest BCUT2D eigenvalue weighted by atomic mass is 10.1. The van der Waals surface area contributed by atoms with Crippen LogP contribution in [0.15, 0.2) is 65.6 Å². The van der Waals surface area contributed by atoms with Crippen molar-refractivity contribution in [3.05, 3.63) is 76.7 Å². The number of hydrogen-bond donors (Lipinski definition) is 2. The predicted octanol–water partition coefficient (Wildman–Crippen LogP) is 2.49. The molecular formula is C20H21NO6S. The zero-order valence-corrected chi connectivity index (χ0v) is 16.1. The smallest absolute Gasteiger partial charge is 0.408 e. The average Bonchev–Trinajstić information content (AvgIpc) is 2.65. The quantitative estimate of drug-likeness (QED) is 0.701. The van der Waals surface area contributed by atoms with Gasteiger partial charge in [0.05, 0.1) is 4.91 Å². The summed E-state index contributed by atoms with van der Waals surface area (Å²) in [6.07, 6.45) is 1.48. The van der Waals surface area contributed by atoms with E-state index in [2.05, 4.69) is 5.32 Å². The van der Waals surface area contributed by atoms with Crippen LogP contribution < -0.4 is 5.32 Å². The molecule has 7 nitrogen and oxygen atoms in total. The largest absolute Gasteiger partial charge is 0.480 e. The number of carboxylic acids is 1. The lowest BCUT2D eigenvalue weighted by Crippen LogP contribution is -2.42. The maximum atomic E-state index is 12.0. The number of ether oxygens (including phenoxy) is 1. The van der Waals surface area contributed by atoms with Crippen LogP contribution in [-0.2, 0) is 25.8 Å². The van der Waals surface area contributed by atoms with E-state index in [1.165, 1.54) is 6.08 Å². The van der Waals surface area contributed by atoms with Gasteiger partial charge in [0.25, 0.3) is 0 Å². The van der Waals surface area contributed by atoms with Gasteiger partial charge in [0.2, 0.25) is 0 Å². The van der Waals surface area contributed by atoms with E-state index in [-0.39, 0.29) is 11.3 Å². The highest BCUT2D eigenvalue weighted by Crippen LogP contribution is 2.12. The molecule has 1 atom stereocenters. The monoisotopic (exact) mass is 403 g/mol. The Morgan fingerprint density at radius 1 is 1.07 bits per heavy atom. The summed E-state index contributed by atoms with van der Waals surface area (Å²) in [5.74, 6) is -1.22. The number of sulfone groups is 1. The number of carboxylic acid groups (broad SMARTS) is 1. The molecule has 0 fully saturated rings. The van der Waals surface area contributed by atoms with E-state index in [1.54, 1.807) is 60.7 Å². The Balaban J connectivity index is 2.03. The van der Waals surface area contributed by atoms with Crippen molar-refractivity contribution in [1.29, 1.82) is 0 Å². The molecule has 0 aliphatic heterocycles. The second-order valence-corrected chi connectivity index (χ2v) is 8.16. The maximum absolute atomic E-state index is 12.0. The minimum atomic E-state index is -3.61. The molecule has 0 unspecified atom stereocenters. The van der Waals surface area contributed by atoms with Gasteiger partial charge in [0, 0.05) is 12.7 Å². The summed E-state index contributed by atoms with van der Waals surface area (Å²) in [5.41, 5.74) is 1.37. The van der Waals surface area contributed by atoms with Gasteiger partial charge >= 0.3 is 12.1 Å². The van der Waals surface area contributed by atoms with Crippen LogP contribution in [0.5, 0.6) is 0 Å². The van der Waals surface area contributed by atoms with Gasteiger partial charge in [0.15, 0.2) is 9.84 Å². The minimum Gasteiger partial charge on any atom is -0.480 e. The fourth-order valence-electron chi connectivity index (χ4n) is 2.36. The highest BCUT2D eigenvalue weighted by molar-refractivity contribution is 7.94. The highest BCUT2D eigenvalue weighted by Gasteiger charge is 2.22. The number of aliphatic carboxylic acids is 1. The molecule has 0 radical (unpaired) electrons. The van der Waals surface area contributed by atoms with Gasteiger partial charge in [-0.3, -0.25) is 0 Å². The first-order chi connectivity index (χ1) is 13.3. The first-order valence-electron chi connectivity index (χ1n) is 8.41. The van der Waals surface area contributed by atoms with Crippen LogP contribution in [0.2, 0.25) is 0 Å². The fraction of sp³-hybridized carbons (Fsp3) is 0.200. The summed E-state index contributed by atoms with van der Waals surface area (Å²) in [6.45, 7) is -0.503. The zero-order chi connectivity index (χ0) is 20.6. The molecule has 2 rings (SSSR count). The van der Waals surface area contributed by atoms with Crippen molar-refractivity contribution in [3.8, 4) is 0 Å². The fourth-order valence-corrected chi connectivity index (χ4v) is 2.98. The number of alkyl carbamates (subject to hydrolysis) is 1. The zero-order valence-electron chi connectivity index (χ0n) is 15.2. The number of carbonyl (C=O) groups is 2. The standard InChI is InChI=1S/C20H21NO6S/c1-28(25,26)17(12-15-8-4-2-5-9-15)14-27-20(24)21-18(19(22)23)13-16-10-6-3-7-11-16/h2-12,18H,13-14H2,1H3,(H,21,24)(H,22,23)/b17-12+/t18-/m0/s1. The van der Waals surface area contributed by atoms with Gasteiger partial charge in [0.1, 0.15) is 12.6 Å². The molecule has 0 saturated carbocycles. The molecule has 1 amide bonds. The highest BCUT2D eigenvalue weighted by atomic mass is 32.2. The summed E-state index contributed by atoms with van der Waals surface area (Å²) >= 11 is 0. The van der Waals surface area contributed by atoms with E-state index < -0.39 is 34.5 Å². The maximum Gasteiger partial charge on any atom is 0.408 e. The van der Waals surface area contributed by atoms with Crippen molar-refractivity contribution in [2.45, 2.75) is 12.5 Å². The lowest BCUT2D eigenvalue weighted by Gasteiger charge is -2.15. The van der Waals surface area contributed by atoms with Gasteiger partial charge in [-0.25, -0.2) is 18.0 Å².